The molecule has 1 saturated carbocycles. The molecule has 164 valence electrons. The van der Waals surface area contributed by atoms with Crippen molar-refractivity contribution in [2.45, 2.75) is 57.1 Å². The zero-order chi connectivity index (χ0) is 21.1. The number of halogens is 1. The Morgan fingerprint density at radius 3 is 2.41 bits per heavy atom. The first-order valence-corrected chi connectivity index (χ1v) is 11.0. The minimum Gasteiger partial charge on any atom is -0.410 e. The van der Waals surface area contributed by atoms with Crippen molar-refractivity contribution >= 4 is 17.7 Å². The predicted molar refractivity (Wildman–Crippen MR) is 116 cm³/mol. The van der Waals surface area contributed by atoms with Crippen LogP contribution in [0.3, 0.4) is 0 Å². The molecule has 1 aromatic rings. The molecule has 0 aliphatic heterocycles. The van der Waals surface area contributed by atoms with E-state index in [1.54, 1.807) is 36.2 Å². The number of likely N-dealkylation sites (N-methyl/N-ethyl adjacent to an activating group) is 1. The van der Waals surface area contributed by atoms with Gasteiger partial charge in [-0.25, -0.2) is 4.79 Å². The molecule has 0 heterocycles. The van der Waals surface area contributed by atoms with Gasteiger partial charge in [0.1, 0.15) is 5.75 Å². The zero-order valence-corrected chi connectivity index (χ0v) is 18.4. The van der Waals surface area contributed by atoms with Gasteiger partial charge >= 0.3 is 6.09 Å². The van der Waals surface area contributed by atoms with E-state index in [4.69, 9.17) is 26.2 Å². The number of hydrogen-bond donors (Lipinski definition) is 1. The van der Waals surface area contributed by atoms with Crippen molar-refractivity contribution in [2.75, 3.05) is 40.4 Å². The summed E-state index contributed by atoms with van der Waals surface area (Å²) in [6.07, 6.45) is 7.13. The van der Waals surface area contributed by atoms with Crippen LogP contribution in [-0.4, -0.2) is 73.5 Å². The van der Waals surface area contributed by atoms with E-state index in [1.165, 1.54) is 0 Å². The fourth-order valence-electron chi connectivity index (χ4n) is 3.62. The van der Waals surface area contributed by atoms with Crippen molar-refractivity contribution in [3.8, 4) is 5.75 Å². The van der Waals surface area contributed by atoms with Crippen molar-refractivity contribution < 1.29 is 19.4 Å². The molecule has 1 aliphatic carbocycles. The Labute approximate surface area is 179 Å². The molecule has 0 radical (unpaired) electrons. The Bertz CT molecular complexity index is 591. The van der Waals surface area contributed by atoms with Crippen LogP contribution in [0.25, 0.3) is 0 Å². The summed E-state index contributed by atoms with van der Waals surface area (Å²) in [6, 6.07) is 7.00. The molecule has 1 aliphatic rings. The molecule has 1 aromatic carbocycles. The molecule has 0 saturated heterocycles. The average molecular weight is 427 g/mol. The molecule has 0 spiro atoms. The topological polar surface area (TPSA) is 62.2 Å². The summed E-state index contributed by atoms with van der Waals surface area (Å²) < 4.78 is 11.5. The van der Waals surface area contributed by atoms with Gasteiger partial charge in [-0.15, -0.1) is 0 Å². The van der Waals surface area contributed by atoms with Crippen LogP contribution < -0.4 is 4.74 Å². The van der Waals surface area contributed by atoms with E-state index >= 15 is 0 Å². The number of aliphatic hydroxyl groups is 1. The lowest BCUT2D eigenvalue weighted by Gasteiger charge is -2.34. The molecule has 1 N–H and O–H groups in total. The van der Waals surface area contributed by atoms with Crippen LogP contribution in [0.1, 0.15) is 44.9 Å². The lowest BCUT2D eigenvalue weighted by Crippen LogP contribution is -2.42. The summed E-state index contributed by atoms with van der Waals surface area (Å²) in [5, 5.41) is 9.50. The second-order valence-electron chi connectivity index (χ2n) is 7.82. The van der Waals surface area contributed by atoms with Gasteiger partial charge in [0.05, 0.1) is 12.7 Å². The first kappa shape index (κ1) is 23.9. The molecule has 29 heavy (non-hydrogen) atoms. The molecule has 0 bridgehead atoms. The summed E-state index contributed by atoms with van der Waals surface area (Å²) in [5.74, 6) is 0.505. The van der Waals surface area contributed by atoms with Gasteiger partial charge in [-0.3, -0.25) is 0 Å². The molecular formula is C22H35ClN2O4. The standard InChI is InChI=1S/C22H35ClN2O4/c1-24(15-16-26)14-4-3-5-17-28-20-12-8-19(9-13-20)25(2)22(27)29-21-10-6-18(23)7-11-21/h6-7,10-11,19-20,26H,3-5,8-9,12-17H2,1-2H3/t19-,20-. The Balaban J connectivity index is 1.58. The van der Waals surface area contributed by atoms with Crippen LogP contribution in [0.2, 0.25) is 5.02 Å². The molecular weight excluding hydrogens is 392 g/mol. The molecule has 1 fully saturated rings. The number of carbonyl (C=O) groups excluding carboxylic acids is 1. The van der Waals surface area contributed by atoms with Gasteiger partial charge in [-0.05, 0) is 82.8 Å². The van der Waals surface area contributed by atoms with Crippen LogP contribution in [0.4, 0.5) is 4.79 Å². The van der Waals surface area contributed by atoms with Gasteiger partial charge in [0.15, 0.2) is 0 Å². The summed E-state index contributed by atoms with van der Waals surface area (Å²) in [4.78, 5) is 16.2. The highest BCUT2D eigenvalue weighted by atomic mass is 35.5. The number of hydrogen-bond acceptors (Lipinski definition) is 5. The summed E-state index contributed by atoms with van der Waals surface area (Å²) in [5.41, 5.74) is 0. The van der Waals surface area contributed by atoms with E-state index in [2.05, 4.69) is 4.90 Å². The number of amides is 1. The number of rotatable bonds is 11. The van der Waals surface area contributed by atoms with E-state index in [9.17, 15) is 4.79 Å². The van der Waals surface area contributed by atoms with Gasteiger partial charge in [0.25, 0.3) is 0 Å². The fourth-order valence-corrected chi connectivity index (χ4v) is 3.74. The second kappa shape index (κ2) is 13.1. The van der Waals surface area contributed by atoms with Gasteiger partial charge in [0.2, 0.25) is 0 Å². The molecule has 0 aromatic heterocycles. The first-order valence-electron chi connectivity index (χ1n) is 10.6. The number of carbonyl (C=O) groups is 1. The highest BCUT2D eigenvalue weighted by molar-refractivity contribution is 6.30. The maximum atomic E-state index is 12.4. The van der Waals surface area contributed by atoms with Crippen LogP contribution in [0.15, 0.2) is 24.3 Å². The second-order valence-corrected chi connectivity index (χ2v) is 8.26. The Kier molecular flexibility index (Phi) is 10.8. The van der Waals surface area contributed by atoms with Gasteiger partial charge in [0, 0.05) is 31.3 Å². The molecule has 6 nitrogen and oxygen atoms in total. The largest absolute Gasteiger partial charge is 0.415 e. The molecule has 0 unspecified atom stereocenters. The monoisotopic (exact) mass is 426 g/mol. The number of ether oxygens (including phenoxy) is 2. The molecule has 0 atom stereocenters. The average Bonchev–Trinajstić information content (AvgIpc) is 2.72. The van der Waals surface area contributed by atoms with E-state index in [0.29, 0.717) is 16.9 Å². The van der Waals surface area contributed by atoms with Crippen molar-refractivity contribution in [3.05, 3.63) is 29.3 Å². The van der Waals surface area contributed by atoms with Crippen molar-refractivity contribution in [2.24, 2.45) is 0 Å². The highest BCUT2D eigenvalue weighted by Crippen LogP contribution is 2.26. The smallest absolute Gasteiger partial charge is 0.410 e. The number of unbranched alkanes of at least 4 members (excludes halogenated alkanes) is 2. The van der Waals surface area contributed by atoms with Gasteiger partial charge < -0.3 is 24.4 Å². The molecule has 1 amide bonds. The van der Waals surface area contributed by atoms with E-state index in [1.807, 2.05) is 7.05 Å². The van der Waals surface area contributed by atoms with Crippen molar-refractivity contribution in [1.82, 2.24) is 9.80 Å². The predicted octanol–water partition coefficient (Wildman–Crippen LogP) is 4.19. The first-order chi connectivity index (χ1) is 14.0. The third-order valence-electron chi connectivity index (χ3n) is 5.52. The fraction of sp³-hybridized carbons (Fsp3) is 0.682. The van der Waals surface area contributed by atoms with Crippen LogP contribution in [0.5, 0.6) is 5.75 Å². The van der Waals surface area contributed by atoms with Gasteiger partial charge in [-0.2, -0.15) is 0 Å². The Morgan fingerprint density at radius 1 is 1.07 bits per heavy atom. The summed E-state index contributed by atoms with van der Waals surface area (Å²) in [7, 11) is 3.84. The summed E-state index contributed by atoms with van der Waals surface area (Å²) in [6.45, 7) is 2.77. The van der Waals surface area contributed by atoms with Crippen LogP contribution >= 0.6 is 11.6 Å². The number of benzene rings is 1. The van der Waals surface area contributed by atoms with Crippen LogP contribution in [-0.2, 0) is 4.74 Å². The van der Waals surface area contributed by atoms with Crippen molar-refractivity contribution in [1.29, 1.82) is 0 Å². The lowest BCUT2D eigenvalue weighted by molar-refractivity contribution is 0.0103. The third-order valence-corrected chi connectivity index (χ3v) is 5.77. The third kappa shape index (κ3) is 8.91. The molecule has 2 rings (SSSR count). The van der Waals surface area contributed by atoms with Crippen LogP contribution in [0, 0.1) is 0 Å². The summed E-state index contributed by atoms with van der Waals surface area (Å²) >= 11 is 5.86. The quantitative estimate of drug-likeness (QED) is 0.537. The maximum Gasteiger partial charge on any atom is 0.415 e. The SMILES string of the molecule is CN(CCO)CCCCCO[C@H]1CC[C@H](N(C)C(=O)Oc2ccc(Cl)cc2)CC1. The molecule has 7 heteroatoms. The Morgan fingerprint density at radius 2 is 1.76 bits per heavy atom. The minimum atomic E-state index is -0.331. The normalized spacial score (nSPS) is 19.3. The minimum absolute atomic E-state index is 0.191. The Hall–Kier alpha value is -1.34. The van der Waals surface area contributed by atoms with Crippen molar-refractivity contribution in [3.63, 3.8) is 0 Å². The maximum absolute atomic E-state index is 12.4. The van der Waals surface area contributed by atoms with E-state index in [-0.39, 0.29) is 18.7 Å². The number of aliphatic hydroxyl groups excluding tert-OH is 1. The van der Waals surface area contributed by atoms with Gasteiger partial charge in [-0.1, -0.05) is 11.6 Å². The highest BCUT2D eigenvalue weighted by Gasteiger charge is 2.27. The van der Waals surface area contributed by atoms with E-state index < -0.39 is 0 Å². The lowest BCUT2D eigenvalue weighted by atomic mass is 9.92. The van der Waals surface area contributed by atoms with E-state index in [0.717, 1.165) is 64.6 Å². The number of nitrogens with zero attached hydrogens (tertiary/aromatic N) is 2. The zero-order valence-electron chi connectivity index (χ0n) is 17.7.